The minimum Gasteiger partial charge on any atom is -0.353 e. The zero-order valence-corrected chi connectivity index (χ0v) is 14.2. The van der Waals surface area contributed by atoms with E-state index in [2.05, 4.69) is 52.3 Å². The Kier molecular flexibility index (Phi) is 4.15. The minimum atomic E-state index is -0.200. The van der Waals surface area contributed by atoms with Crippen LogP contribution < -0.4 is 5.32 Å². The smallest absolute Gasteiger partial charge is 0.242 e. The highest BCUT2D eigenvalue weighted by Crippen LogP contribution is 2.39. The normalized spacial score (nSPS) is 22.5. The Bertz CT molecular complexity index is 705. The fourth-order valence-electron chi connectivity index (χ4n) is 3.87. The third-order valence-corrected chi connectivity index (χ3v) is 5.24. The van der Waals surface area contributed by atoms with E-state index in [0.29, 0.717) is 12.1 Å². The van der Waals surface area contributed by atoms with Gasteiger partial charge in [-0.2, -0.15) is 0 Å². The van der Waals surface area contributed by atoms with E-state index in [4.69, 9.17) is 0 Å². The van der Waals surface area contributed by atoms with Gasteiger partial charge in [0.25, 0.3) is 0 Å². The van der Waals surface area contributed by atoms with Crippen molar-refractivity contribution in [1.29, 1.82) is 0 Å². The molecule has 0 bridgehead atoms. The Morgan fingerprint density at radius 3 is 2.58 bits per heavy atom. The molecule has 4 rings (SSSR count). The Labute approximate surface area is 143 Å². The van der Waals surface area contributed by atoms with Crippen molar-refractivity contribution in [2.45, 2.75) is 43.8 Å². The molecule has 2 aromatic rings. The molecule has 1 aliphatic heterocycles. The van der Waals surface area contributed by atoms with Crippen molar-refractivity contribution >= 4 is 5.91 Å². The molecular weight excluding hydrogens is 298 g/mol. The van der Waals surface area contributed by atoms with Crippen LogP contribution in [0.1, 0.15) is 49.0 Å². The third-order valence-electron chi connectivity index (χ3n) is 5.24. The average molecular weight is 323 g/mol. The number of aryl methyl sites for hydroxylation is 1. The molecular formula is C20H25N3O. The summed E-state index contributed by atoms with van der Waals surface area (Å²) >= 11 is 0. The van der Waals surface area contributed by atoms with Gasteiger partial charge in [-0.25, -0.2) is 0 Å². The lowest BCUT2D eigenvalue weighted by Gasteiger charge is -2.33. The van der Waals surface area contributed by atoms with Gasteiger partial charge >= 0.3 is 0 Å². The van der Waals surface area contributed by atoms with Crippen LogP contribution in [0.25, 0.3) is 0 Å². The molecule has 126 valence electrons. The third kappa shape index (κ3) is 2.98. The molecule has 0 unspecified atom stereocenters. The number of carbonyl (C=O) groups is 1. The van der Waals surface area contributed by atoms with Gasteiger partial charge in [0.2, 0.25) is 5.91 Å². The fraction of sp³-hybridized carbons (Fsp3) is 0.450. The maximum absolute atomic E-state index is 13.0. The molecule has 0 radical (unpaired) electrons. The Balaban J connectivity index is 1.66. The number of nitrogens with zero attached hydrogens (tertiary/aromatic N) is 2. The van der Waals surface area contributed by atoms with Gasteiger partial charge in [0.1, 0.15) is 6.04 Å². The van der Waals surface area contributed by atoms with E-state index in [-0.39, 0.29) is 11.9 Å². The second-order valence-corrected chi connectivity index (χ2v) is 7.04. The molecule has 1 aromatic carbocycles. The number of amides is 1. The molecule has 1 saturated carbocycles. The first-order valence-electron chi connectivity index (χ1n) is 8.96. The maximum Gasteiger partial charge on any atom is 0.242 e. The summed E-state index contributed by atoms with van der Waals surface area (Å²) in [5.41, 5.74) is 2.39. The van der Waals surface area contributed by atoms with E-state index in [1.165, 1.54) is 5.69 Å². The van der Waals surface area contributed by atoms with Crippen molar-refractivity contribution in [1.82, 2.24) is 14.8 Å². The zero-order valence-electron chi connectivity index (χ0n) is 14.2. The Morgan fingerprint density at radius 1 is 1.12 bits per heavy atom. The Hall–Kier alpha value is -2.07. The summed E-state index contributed by atoms with van der Waals surface area (Å²) in [5.74, 6) is 0.157. The van der Waals surface area contributed by atoms with E-state index < -0.39 is 0 Å². The molecule has 1 amide bonds. The van der Waals surface area contributed by atoms with E-state index in [9.17, 15) is 4.79 Å². The fourth-order valence-corrected chi connectivity index (χ4v) is 3.87. The number of hydrogen-bond donors (Lipinski definition) is 1. The zero-order chi connectivity index (χ0) is 16.5. The van der Waals surface area contributed by atoms with Crippen LogP contribution in [-0.4, -0.2) is 28.0 Å². The van der Waals surface area contributed by atoms with Crippen molar-refractivity contribution < 1.29 is 4.79 Å². The molecule has 1 aliphatic carbocycles. The van der Waals surface area contributed by atoms with Gasteiger partial charge in [-0.15, -0.1) is 0 Å². The summed E-state index contributed by atoms with van der Waals surface area (Å²) in [6.07, 6.45) is 6.57. The summed E-state index contributed by atoms with van der Waals surface area (Å²) in [6, 6.07) is 15.0. The highest BCUT2D eigenvalue weighted by Gasteiger charge is 2.38. The summed E-state index contributed by atoms with van der Waals surface area (Å²) < 4.78 is 2.18. The molecule has 1 saturated heterocycles. The van der Waals surface area contributed by atoms with Gasteiger partial charge in [-0.3, -0.25) is 9.69 Å². The predicted octanol–water partition coefficient (Wildman–Crippen LogP) is 3.18. The molecule has 2 heterocycles. The lowest BCUT2D eigenvalue weighted by Crippen LogP contribution is -2.41. The second kappa shape index (κ2) is 6.44. The molecule has 1 N–H and O–H groups in total. The van der Waals surface area contributed by atoms with Gasteiger partial charge in [-0.05, 0) is 49.9 Å². The monoisotopic (exact) mass is 323 g/mol. The lowest BCUT2D eigenvalue weighted by atomic mass is 10.0. The van der Waals surface area contributed by atoms with E-state index in [1.54, 1.807) is 0 Å². The molecule has 1 aromatic heterocycles. The van der Waals surface area contributed by atoms with Gasteiger partial charge in [0.15, 0.2) is 0 Å². The van der Waals surface area contributed by atoms with E-state index in [1.807, 2.05) is 18.2 Å². The standard InChI is InChI=1S/C20H25N3O/c1-22-13-5-9-17(22)18-10-6-14-23(18)19(15-7-3-2-4-8-15)20(24)21-16-11-12-16/h2-5,7-9,13,16,18-19H,6,10-12,14H2,1H3,(H,21,24)/t18-,19-/m0/s1. The molecule has 0 spiro atoms. The summed E-state index contributed by atoms with van der Waals surface area (Å²) in [4.78, 5) is 15.4. The average Bonchev–Trinajstić information content (AvgIpc) is 3.10. The number of aromatic nitrogens is 1. The molecule has 2 aliphatic rings. The number of carbonyl (C=O) groups excluding carboxylic acids is 1. The maximum atomic E-state index is 13.0. The van der Waals surface area contributed by atoms with Crippen LogP contribution in [0.15, 0.2) is 48.7 Å². The first-order valence-corrected chi connectivity index (χ1v) is 8.96. The number of nitrogens with one attached hydrogen (secondary N) is 1. The number of likely N-dealkylation sites (tertiary alicyclic amines) is 1. The number of benzene rings is 1. The van der Waals surface area contributed by atoms with Crippen molar-refractivity contribution in [2.24, 2.45) is 7.05 Å². The van der Waals surface area contributed by atoms with Crippen LogP contribution in [0.3, 0.4) is 0 Å². The van der Waals surface area contributed by atoms with E-state index >= 15 is 0 Å². The SMILES string of the molecule is Cn1cccc1[C@@H]1CCCN1[C@H](C(=O)NC1CC1)c1ccccc1. The van der Waals surface area contributed by atoms with Crippen molar-refractivity contribution in [3.05, 3.63) is 59.9 Å². The highest BCUT2D eigenvalue weighted by atomic mass is 16.2. The number of hydrogen-bond acceptors (Lipinski definition) is 2. The molecule has 4 heteroatoms. The highest BCUT2D eigenvalue weighted by molar-refractivity contribution is 5.83. The Morgan fingerprint density at radius 2 is 1.92 bits per heavy atom. The first-order chi connectivity index (χ1) is 11.7. The van der Waals surface area contributed by atoms with Crippen LogP contribution in [0, 0.1) is 0 Å². The van der Waals surface area contributed by atoms with Gasteiger partial charge in [-0.1, -0.05) is 30.3 Å². The minimum absolute atomic E-state index is 0.157. The molecule has 2 fully saturated rings. The molecule has 2 atom stereocenters. The van der Waals surface area contributed by atoms with Crippen LogP contribution in [-0.2, 0) is 11.8 Å². The summed E-state index contributed by atoms with van der Waals surface area (Å²) in [5, 5.41) is 3.22. The van der Waals surface area contributed by atoms with Crippen LogP contribution in [0.2, 0.25) is 0 Å². The molecule has 24 heavy (non-hydrogen) atoms. The van der Waals surface area contributed by atoms with Crippen LogP contribution in [0.5, 0.6) is 0 Å². The van der Waals surface area contributed by atoms with Crippen molar-refractivity contribution in [3.8, 4) is 0 Å². The first kappa shape index (κ1) is 15.5. The van der Waals surface area contributed by atoms with Crippen LogP contribution in [0.4, 0.5) is 0 Å². The van der Waals surface area contributed by atoms with Crippen molar-refractivity contribution in [2.75, 3.05) is 6.54 Å². The predicted molar refractivity (Wildman–Crippen MR) is 94.4 cm³/mol. The quantitative estimate of drug-likeness (QED) is 0.917. The van der Waals surface area contributed by atoms with E-state index in [0.717, 1.165) is 37.8 Å². The van der Waals surface area contributed by atoms with Crippen LogP contribution >= 0.6 is 0 Å². The second-order valence-electron chi connectivity index (χ2n) is 7.04. The summed E-state index contributed by atoms with van der Waals surface area (Å²) in [6.45, 7) is 0.966. The van der Waals surface area contributed by atoms with Gasteiger partial charge < -0.3 is 9.88 Å². The largest absolute Gasteiger partial charge is 0.353 e. The van der Waals surface area contributed by atoms with Crippen molar-refractivity contribution in [3.63, 3.8) is 0 Å². The topological polar surface area (TPSA) is 37.3 Å². The van der Waals surface area contributed by atoms with Gasteiger partial charge in [0.05, 0.1) is 6.04 Å². The lowest BCUT2D eigenvalue weighted by molar-refractivity contribution is -0.127. The van der Waals surface area contributed by atoms with Gasteiger partial charge in [0, 0.05) is 25.0 Å². The number of rotatable bonds is 5. The summed E-state index contributed by atoms with van der Waals surface area (Å²) in [7, 11) is 2.09. The molecule has 4 nitrogen and oxygen atoms in total.